The van der Waals surface area contributed by atoms with Crippen molar-refractivity contribution in [3.8, 4) is 0 Å². The fourth-order valence-electron chi connectivity index (χ4n) is 2.09. The van der Waals surface area contributed by atoms with E-state index in [4.69, 9.17) is 23.2 Å². The number of rotatable bonds is 3. The molecule has 96 valence electrons. The third kappa shape index (κ3) is 3.05. The van der Waals surface area contributed by atoms with Gasteiger partial charge in [0.15, 0.2) is 5.13 Å². The highest BCUT2D eigenvalue weighted by atomic mass is 35.5. The Hall–Kier alpha value is -0.0300. The first-order valence-electron chi connectivity index (χ1n) is 5.74. The Morgan fingerprint density at radius 2 is 2.29 bits per heavy atom. The molecule has 0 radical (unpaired) electrons. The average Bonchev–Trinajstić information content (AvgIpc) is 2.71. The van der Waals surface area contributed by atoms with Gasteiger partial charge in [0.2, 0.25) is 0 Å². The van der Waals surface area contributed by atoms with Gasteiger partial charge in [-0.05, 0) is 26.9 Å². The Morgan fingerprint density at radius 1 is 1.53 bits per heavy atom. The van der Waals surface area contributed by atoms with Gasteiger partial charge in [-0.2, -0.15) is 0 Å². The first-order chi connectivity index (χ1) is 8.11. The van der Waals surface area contributed by atoms with E-state index in [2.05, 4.69) is 28.9 Å². The molecule has 3 nitrogen and oxygen atoms in total. The summed E-state index contributed by atoms with van der Waals surface area (Å²) in [6.07, 6.45) is 2.46. The summed E-state index contributed by atoms with van der Waals surface area (Å²) >= 11 is 13.5. The summed E-state index contributed by atoms with van der Waals surface area (Å²) in [7, 11) is 4.26. The van der Waals surface area contributed by atoms with Gasteiger partial charge in [-0.3, -0.25) is 0 Å². The van der Waals surface area contributed by atoms with Crippen molar-refractivity contribution in [2.24, 2.45) is 0 Å². The van der Waals surface area contributed by atoms with Crippen molar-refractivity contribution in [3.05, 3.63) is 10.0 Å². The van der Waals surface area contributed by atoms with E-state index in [0.29, 0.717) is 17.1 Å². The summed E-state index contributed by atoms with van der Waals surface area (Å²) in [6, 6.07) is 0.603. The van der Waals surface area contributed by atoms with Crippen LogP contribution in [0, 0.1) is 0 Å². The molecule has 2 heterocycles. The first kappa shape index (κ1) is 13.4. The Morgan fingerprint density at radius 3 is 2.88 bits per heavy atom. The smallest absolute Gasteiger partial charge is 0.187 e. The molecule has 1 aliphatic rings. The van der Waals surface area contributed by atoms with Gasteiger partial charge in [0.25, 0.3) is 0 Å². The number of nitrogens with zero attached hydrogens (tertiary/aromatic N) is 3. The Kier molecular flexibility index (Phi) is 4.53. The molecule has 1 unspecified atom stereocenters. The van der Waals surface area contributed by atoms with E-state index in [1.54, 1.807) is 11.3 Å². The zero-order valence-electron chi connectivity index (χ0n) is 10.1. The van der Waals surface area contributed by atoms with E-state index in [0.717, 1.165) is 23.1 Å². The lowest BCUT2D eigenvalue weighted by Gasteiger charge is -2.35. The van der Waals surface area contributed by atoms with Crippen LogP contribution in [0.15, 0.2) is 0 Å². The van der Waals surface area contributed by atoms with Gasteiger partial charge in [0.05, 0.1) is 10.8 Å². The molecule has 0 aromatic carbocycles. The molecule has 1 aliphatic heterocycles. The second-order valence-electron chi connectivity index (χ2n) is 4.55. The van der Waals surface area contributed by atoms with Crippen LogP contribution >= 0.6 is 34.5 Å². The second-order valence-corrected chi connectivity index (χ2v) is 6.24. The van der Waals surface area contributed by atoms with Crippen LogP contribution in [-0.4, -0.2) is 43.1 Å². The number of thiazole rings is 1. The van der Waals surface area contributed by atoms with Crippen LogP contribution in [0.25, 0.3) is 0 Å². The van der Waals surface area contributed by atoms with E-state index < -0.39 is 0 Å². The molecule has 2 rings (SSSR count). The molecule has 1 saturated heterocycles. The number of aromatic nitrogens is 1. The van der Waals surface area contributed by atoms with Crippen LogP contribution in [-0.2, 0) is 5.88 Å². The fraction of sp³-hybridized carbons (Fsp3) is 0.727. The minimum Gasteiger partial charge on any atom is -0.346 e. The maximum atomic E-state index is 6.04. The largest absolute Gasteiger partial charge is 0.346 e. The lowest BCUT2D eigenvalue weighted by molar-refractivity contribution is 0.258. The summed E-state index contributed by atoms with van der Waals surface area (Å²) in [5.74, 6) is 0.446. The van der Waals surface area contributed by atoms with Crippen LogP contribution in [0.3, 0.4) is 0 Å². The van der Waals surface area contributed by atoms with Gasteiger partial charge < -0.3 is 9.80 Å². The van der Waals surface area contributed by atoms with Crippen LogP contribution in [0.2, 0.25) is 5.15 Å². The summed E-state index contributed by atoms with van der Waals surface area (Å²) in [6.45, 7) is 2.09. The highest BCUT2D eigenvalue weighted by Crippen LogP contribution is 2.32. The normalized spacial score (nSPS) is 21.2. The Labute approximate surface area is 116 Å². The second kappa shape index (κ2) is 5.74. The Bertz CT molecular complexity index is 381. The third-order valence-electron chi connectivity index (χ3n) is 3.16. The minimum absolute atomic E-state index is 0.446. The number of likely N-dealkylation sites (N-methyl/N-ethyl adjacent to an activating group) is 1. The molecule has 1 aromatic heterocycles. The predicted octanol–water partition coefficient (Wildman–Crippen LogP) is 3.07. The third-order valence-corrected chi connectivity index (χ3v) is 5.12. The molecule has 6 heteroatoms. The summed E-state index contributed by atoms with van der Waals surface area (Å²) in [5, 5.41) is 1.57. The Balaban J connectivity index is 2.10. The van der Waals surface area contributed by atoms with Crippen LogP contribution < -0.4 is 4.90 Å². The minimum atomic E-state index is 0.446. The molecule has 1 aromatic rings. The quantitative estimate of drug-likeness (QED) is 0.799. The SMILES string of the molecule is CN(C)C1CCCN(c2nc(Cl)c(CCl)s2)C1. The van der Waals surface area contributed by atoms with Gasteiger partial charge in [0, 0.05) is 19.1 Å². The number of alkyl halides is 1. The zero-order chi connectivity index (χ0) is 12.4. The van der Waals surface area contributed by atoms with Crippen LogP contribution in [0.1, 0.15) is 17.7 Å². The predicted molar refractivity (Wildman–Crippen MR) is 75.6 cm³/mol. The standard InChI is InChI=1S/C11H17Cl2N3S/c1-15(2)8-4-3-5-16(7-8)11-14-10(13)9(6-12)17-11/h8H,3-7H2,1-2H3. The van der Waals surface area contributed by atoms with Gasteiger partial charge in [-0.15, -0.1) is 11.6 Å². The zero-order valence-corrected chi connectivity index (χ0v) is 12.4. The number of hydrogen-bond donors (Lipinski definition) is 0. The molecule has 0 bridgehead atoms. The fourth-order valence-corrected chi connectivity index (χ4v) is 3.60. The van der Waals surface area contributed by atoms with E-state index in [9.17, 15) is 0 Å². The molecule has 17 heavy (non-hydrogen) atoms. The highest BCUT2D eigenvalue weighted by molar-refractivity contribution is 7.16. The molecule has 1 fully saturated rings. The first-order valence-corrected chi connectivity index (χ1v) is 7.47. The van der Waals surface area contributed by atoms with E-state index in [1.165, 1.54) is 12.8 Å². The number of halogens is 2. The van der Waals surface area contributed by atoms with E-state index in [1.807, 2.05) is 0 Å². The van der Waals surface area contributed by atoms with Crippen molar-refractivity contribution in [1.29, 1.82) is 0 Å². The molecular weight excluding hydrogens is 277 g/mol. The van der Waals surface area contributed by atoms with E-state index in [-0.39, 0.29) is 0 Å². The monoisotopic (exact) mass is 293 g/mol. The van der Waals surface area contributed by atoms with Crippen molar-refractivity contribution in [1.82, 2.24) is 9.88 Å². The highest BCUT2D eigenvalue weighted by Gasteiger charge is 2.24. The average molecular weight is 294 g/mol. The molecule has 0 spiro atoms. The molecule has 0 saturated carbocycles. The molecule has 0 N–H and O–H groups in total. The van der Waals surface area contributed by atoms with Gasteiger partial charge in [-0.1, -0.05) is 22.9 Å². The van der Waals surface area contributed by atoms with Crippen molar-refractivity contribution in [2.75, 3.05) is 32.1 Å². The van der Waals surface area contributed by atoms with Crippen molar-refractivity contribution >= 4 is 39.7 Å². The lowest BCUT2D eigenvalue weighted by Crippen LogP contribution is -2.45. The summed E-state index contributed by atoms with van der Waals surface area (Å²) in [5.41, 5.74) is 0. The van der Waals surface area contributed by atoms with Crippen LogP contribution in [0.5, 0.6) is 0 Å². The number of piperidine rings is 1. The topological polar surface area (TPSA) is 19.4 Å². The van der Waals surface area contributed by atoms with Crippen molar-refractivity contribution < 1.29 is 0 Å². The van der Waals surface area contributed by atoms with Crippen molar-refractivity contribution in [2.45, 2.75) is 24.8 Å². The summed E-state index contributed by atoms with van der Waals surface area (Å²) < 4.78 is 0. The molecule has 0 aliphatic carbocycles. The number of hydrogen-bond acceptors (Lipinski definition) is 4. The van der Waals surface area contributed by atoms with Gasteiger partial charge >= 0.3 is 0 Å². The maximum absolute atomic E-state index is 6.04. The summed E-state index contributed by atoms with van der Waals surface area (Å²) in [4.78, 5) is 9.98. The van der Waals surface area contributed by atoms with Crippen LogP contribution in [0.4, 0.5) is 5.13 Å². The molecule has 0 amide bonds. The maximum Gasteiger partial charge on any atom is 0.187 e. The van der Waals surface area contributed by atoms with Gasteiger partial charge in [0.1, 0.15) is 5.15 Å². The van der Waals surface area contributed by atoms with E-state index >= 15 is 0 Å². The lowest BCUT2D eigenvalue weighted by atomic mass is 10.1. The molecular formula is C11H17Cl2N3S. The molecule has 1 atom stereocenters. The van der Waals surface area contributed by atoms with Gasteiger partial charge in [-0.25, -0.2) is 4.98 Å². The van der Waals surface area contributed by atoms with Crippen molar-refractivity contribution in [3.63, 3.8) is 0 Å². The number of anilines is 1.